The first-order valence-electron chi connectivity index (χ1n) is 46.5. The van der Waals surface area contributed by atoms with Crippen LogP contribution >= 0.6 is 0 Å². The third-order valence-electron chi connectivity index (χ3n) is 25.5. The molecular weight excluding hydrogens is 1720 g/mol. The van der Waals surface area contributed by atoms with Crippen LogP contribution in [-0.4, -0.2) is 74.6 Å². The van der Waals surface area contributed by atoms with Crippen molar-refractivity contribution in [1.82, 2.24) is 50.5 Å². The van der Waals surface area contributed by atoms with E-state index < -0.39 is 11.9 Å². The molecule has 16 aromatic rings. The second kappa shape index (κ2) is 38.0. The van der Waals surface area contributed by atoms with E-state index in [9.17, 15) is 29.1 Å². The zero-order valence-electron chi connectivity index (χ0n) is 75.2. The molecule has 0 unspecified atom stereocenters. The number of benzene rings is 11. The van der Waals surface area contributed by atoms with Crippen LogP contribution in [0.15, 0.2) is 361 Å². The molecule has 0 saturated carbocycles. The molecule has 139 heavy (non-hydrogen) atoms. The number of aromatic nitrogens is 8. The van der Waals surface area contributed by atoms with Gasteiger partial charge in [0.1, 0.15) is 11.3 Å². The normalized spacial score (nSPS) is 12.2. The fourth-order valence-corrected chi connectivity index (χ4v) is 19.2. The minimum atomic E-state index is -1.13. The van der Waals surface area contributed by atoms with Crippen LogP contribution in [0.1, 0.15) is 107 Å². The Bertz CT molecular complexity index is 8490. The van der Waals surface area contributed by atoms with Gasteiger partial charge in [-0.05, 0) is 191 Å². The number of carbonyl (C=O) groups excluding carboxylic acids is 4. The van der Waals surface area contributed by atoms with E-state index in [0.29, 0.717) is 104 Å². The van der Waals surface area contributed by atoms with E-state index in [4.69, 9.17) is 24.4 Å². The van der Waals surface area contributed by atoms with E-state index in [0.717, 1.165) is 156 Å². The molecule has 10 aromatic carbocycles. The molecule has 0 fully saturated rings. The predicted octanol–water partition coefficient (Wildman–Crippen LogP) is 27.0. The average Bonchev–Trinajstić information content (AvgIpc) is 0.964. The summed E-state index contributed by atoms with van der Waals surface area (Å²) in [5, 5.41) is 21.2. The number of rotatable bonds is 23. The van der Waals surface area contributed by atoms with Crippen LogP contribution in [0.25, 0.3) is 214 Å². The lowest BCUT2D eigenvalue weighted by molar-refractivity contribution is -0.121. The van der Waals surface area contributed by atoms with Crippen molar-refractivity contribution in [3.05, 3.63) is 408 Å². The largest absolute Gasteiger partial charge is 0.478 e. The zero-order valence-corrected chi connectivity index (χ0v) is 75.2. The van der Waals surface area contributed by atoms with Gasteiger partial charge in [0.05, 0.1) is 67.9 Å². The number of carbonyl (C=O) groups is 5. The molecule has 6 aliphatic rings. The number of nitrogens with zero attached hydrogens (tertiary/aromatic N) is 5. The van der Waals surface area contributed by atoms with Gasteiger partial charge < -0.3 is 45.4 Å². The third kappa shape index (κ3) is 17.6. The second-order valence-corrected chi connectivity index (χ2v) is 34.6. The van der Waals surface area contributed by atoms with Crippen molar-refractivity contribution >= 4 is 138 Å². The summed E-state index contributed by atoms with van der Waals surface area (Å²) in [4.78, 5) is 113. The molecule has 670 valence electrons. The summed E-state index contributed by atoms with van der Waals surface area (Å²) >= 11 is 0. The maximum Gasteiger partial charge on any atom is 0.336 e. The quantitative estimate of drug-likeness (QED) is 0.0220. The van der Waals surface area contributed by atoms with Crippen molar-refractivity contribution in [3.63, 3.8) is 0 Å². The number of unbranched alkanes of at least 4 members (excludes halogenated alkanes) is 2. The van der Waals surface area contributed by atoms with Crippen molar-refractivity contribution in [2.45, 2.75) is 51.4 Å². The molecule has 0 radical (unpaired) electrons. The van der Waals surface area contributed by atoms with Gasteiger partial charge >= 0.3 is 5.97 Å². The Labute approximate surface area is 798 Å². The van der Waals surface area contributed by atoms with Crippen molar-refractivity contribution < 1.29 is 33.5 Å². The molecule has 0 saturated heterocycles. The Hall–Kier alpha value is -18.4. The van der Waals surface area contributed by atoms with E-state index in [1.54, 1.807) is 60.7 Å². The van der Waals surface area contributed by atoms with Crippen LogP contribution in [0.4, 0.5) is 5.69 Å². The molecule has 0 atom stereocenters. The standard InChI is InChI=1S/C120H88N12O7/c133-105(49-27-29-51-107(135)129-101-71-99-113(77-39-17-5-18-40-77)95-63-61-91(125-95)109(73-31-9-1-10-32-73)87-57-59-89(123-87)111(75-35-13-3-14-36-75)93-65-67-97(127-93)115(118(101)131-99)79-43-21-7-22-44-79)121-81-53-55-85-103(69-81)139-104-70-82(54-56-86(104)117(85)83-47-25-26-48-84(83)120(137)138)122-106(134)50-28-30-52-108(136)130-102-72-100-114(78-41-19-6-20-42-78)96-64-62-92(126-96)110(74-33-11-2-12-34-74)88-58-60-90(124-88)112(76-37-15-4-16-38-76)94-66-68-98(128-94)116(119(102)132-100)80-45-23-8-24-46-80/h1-26,31-48,53-72,125-128H,27-30,49-52H2,(H,121,133)(H,129,135)(H,130,136)(H,137,138). The van der Waals surface area contributed by atoms with Crippen LogP contribution in [0.3, 0.4) is 0 Å². The van der Waals surface area contributed by atoms with E-state index in [1.165, 1.54) is 0 Å². The number of aromatic carboxylic acids is 1. The van der Waals surface area contributed by atoms with Gasteiger partial charge in [0.15, 0.2) is 0 Å². The Kier molecular flexibility index (Phi) is 23.5. The zero-order chi connectivity index (χ0) is 93.8. The minimum Gasteiger partial charge on any atom is -0.478 e. The van der Waals surface area contributed by atoms with Crippen LogP contribution in [0.5, 0.6) is 0 Å². The summed E-state index contributed by atoms with van der Waals surface area (Å²) in [7, 11) is 0. The number of hydrogen-bond donors (Lipinski definition) is 8. The van der Waals surface area contributed by atoms with E-state index in [-0.39, 0.29) is 49.0 Å². The maximum atomic E-state index is 14.8. The van der Waals surface area contributed by atoms with E-state index in [1.807, 2.05) is 182 Å². The number of carboxylic acids is 1. The highest BCUT2D eigenvalue weighted by atomic mass is 16.4. The van der Waals surface area contributed by atoms with E-state index in [2.05, 4.69) is 187 Å². The second-order valence-electron chi connectivity index (χ2n) is 34.6. The van der Waals surface area contributed by atoms with Gasteiger partial charge in [-0.15, -0.1) is 0 Å². The van der Waals surface area contributed by atoms with Crippen LogP contribution in [0, 0.1) is 0 Å². The lowest BCUT2D eigenvalue weighted by Gasteiger charge is -2.17. The molecule has 5 aliphatic heterocycles. The van der Waals surface area contributed by atoms with Crippen molar-refractivity contribution in [2.24, 2.45) is 4.99 Å². The highest BCUT2D eigenvalue weighted by Crippen LogP contribution is 2.47. The fraction of sp³-hybridized carbons (Fsp3) is 0.0667. The smallest absolute Gasteiger partial charge is 0.336 e. The number of hydrogen-bond acceptors (Lipinski definition) is 10. The SMILES string of the molecule is O=C(CCCCC(=O)NC1=Cc2nc1c(-c1ccccc1)c1ccc([nH]1)c(-c1ccccc1)c1nc(c(-c3ccccc3)c3ccc([nH]3)c2-c2ccccc2)C=C1)N=c1ccc2c(-c3ccccc3C(=O)O)c3ccc(NC(=O)CCCCC(=O)NC4=Cc5nc4c(-c4ccccc4)c4ccc([nH]4)c(-c4ccccc4)c4nc(c(-c6ccccc6)c6ccc([nH]6)c5-c5ccccc5)C=C4)cc3oc-2c1. The molecule has 8 N–H and O–H groups in total. The summed E-state index contributed by atoms with van der Waals surface area (Å²) in [6.07, 6.45) is 13.9. The summed E-state index contributed by atoms with van der Waals surface area (Å²) < 4.78 is 6.70. The Morgan fingerprint density at radius 2 is 0.612 bits per heavy atom. The molecule has 6 aromatic heterocycles. The molecule has 19 nitrogen and oxygen atoms in total. The lowest BCUT2D eigenvalue weighted by Crippen LogP contribution is -2.21. The molecule has 4 amide bonds. The van der Waals surface area contributed by atoms with Gasteiger partial charge in [0.25, 0.3) is 0 Å². The molecule has 16 bridgehead atoms. The fourth-order valence-electron chi connectivity index (χ4n) is 19.2. The highest BCUT2D eigenvalue weighted by molar-refractivity contribution is 6.11. The maximum absolute atomic E-state index is 14.8. The Morgan fingerprint density at radius 1 is 0.295 bits per heavy atom. The van der Waals surface area contributed by atoms with Crippen LogP contribution in [0.2, 0.25) is 0 Å². The molecular formula is C120H88N12O7. The third-order valence-corrected chi connectivity index (χ3v) is 25.5. The minimum absolute atomic E-state index is 0.0228. The first-order valence-corrected chi connectivity index (χ1v) is 46.5. The highest BCUT2D eigenvalue weighted by Gasteiger charge is 2.30. The number of anilines is 1. The van der Waals surface area contributed by atoms with Crippen molar-refractivity contribution in [1.29, 1.82) is 0 Å². The monoisotopic (exact) mass is 1810 g/mol. The predicted molar refractivity (Wildman–Crippen MR) is 557 cm³/mol. The number of H-pyrrole nitrogens is 4. The van der Waals surface area contributed by atoms with Crippen molar-refractivity contribution in [3.8, 4) is 111 Å². The Balaban J connectivity index is 0.525. The number of amides is 4. The first-order chi connectivity index (χ1) is 68.4. The molecule has 1 aliphatic carbocycles. The Morgan fingerprint density at radius 3 is 0.971 bits per heavy atom. The summed E-state index contributed by atoms with van der Waals surface area (Å²) in [5.74, 6) is -2.09. The summed E-state index contributed by atoms with van der Waals surface area (Å²) in [5.41, 5.74) is 29.6. The van der Waals surface area contributed by atoms with Gasteiger partial charge in [-0.1, -0.05) is 261 Å². The van der Waals surface area contributed by atoms with Crippen LogP contribution < -0.4 is 21.3 Å². The number of aromatic amines is 4. The molecule has 0 spiro atoms. The van der Waals surface area contributed by atoms with Gasteiger partial charge in [0, 0.05) is 149 Å². The van der Waals surface area contributed by atoms with Gasteiger partial charge in [-0.3, -0.25) is 19.2 Å². The van der Waals surface area contributed by atoms with Crippen LogP contribution in [-0.2, 0) is 19.2 Å². The molecule has 22 rings (SSSR count). The van der Waals surface area contributed by atoms with Crippen molar-refractivity contribution in [2.75, 3.05) is 5.32 Å². The van der Waals surface area contributed by atoms with Gasteiger partial charge in [-0.25, -0.2) is 29.7 Å². The van der Waals surface area contributed by atoms with E-state index >= 15 is 0 Å². The first kappa shape index (κ1) is 86.1. The number of carboxylic acid groups (broad SMARTS) is 1. The topological polar surface area (TPSA) is 282 Å². The van der Waals surface area contributed by atoms with Gasteiger partial charge in [-0.2, -0.15) is 0 Å². The number of nitrogens with one attached hydrogen (secondary N) is 7. The number of fused-ring (bicyclic) bond motifs is 18. The molecule has 19 heteroatoms. The van der Waals surface area contributed by atoms with Gasteiger partial charge in [0.2, 0.25) is 23.6 Å². The summed E-state index contributed by atoms with van der Waals surface area (Å²) in [6, 6.07) is 115. The lowest BCUT2D eigenvalue weighted by atomic mass is 9.90. The average molecular weight is 1810 g/mol. The summed E-state index contributed by atoms with van der Waals surface area (Å²) in [6.45, 7) is 0. The molecule has 11 heterocycles.